The molecule has 0 heterocycles. The molecule has 2 atom stereocenters. The van der Waals surface area contributed by atoms with Crippen LogP contribution < -0.4 is 5.73 Å². The number of hydrogen-bond donors (Lipinski definition) is 1. The van der Waals surface area contributed by atoms with E-state index in [1.165, 1.54) is 57.8 Å². The van der Waals surface area contributed by atoms with Gasteiger partial charge in [0.15, 0.2) is 0 Å². The predicted molar refractivity (Wildman–Crippen MR) is 76.5 cm³/mol. The maximum absolute atomic E-state index is 6.55. The first-order valence-electron chi connectivity index (χ1n) is 8.07. The highest BCUT2D eigenvalue weighted by Gasteiger charge is 2.38. The third-order valence-electron chi connectivity index (χ3n) is 5.40. The molecule has 2 fully saturated rings. The predicted octanol–water partition coefficient (Wildman–Crippen LogP) is 3.88. The fourth-order valence-corrected chi connectivity index (χ4v) is 3.76. The molecule has 2 aliphatic carbocycles. The lowest BCUT2D eigenvalue weighted by Gasteiger charge is -2.44. The van der Waals surface area contributed by atoms with E-state index in [4.69, 9.17) is 10.5 Å². The minimum absolute atomic E-state index is 0.0158. The Hall–Kier alpha value is -0.0800. The van der Waals surface area contributed by atoms with Crippen LogP contribution in [0.2, 0.25) is 0 Å². The largest absolute Gasteiger partial charge is 0.370 e. The van der Waals surface area contributed by atoms with Crippen molar-refractivity contribution in [2.24, 2.45) is 17.6 Å². The van der Waals surface area contributed by atoms with Crippen LogP contribution in [0.3, 0.4) is 0 Å². The van der Waals surface area contributed by atoms with Gasteiger partial charge in [-0.05, 0) is 50.4 Å². The summed E-state index contributed by atoms with van der Waals surface area (Å²) in [5.41, 5.74) is 6.08. The van der Waals surface area contributed by atoms with Gasteiger partial charge in [-0.1, -0.05) is 33.1 Å². The summed E-state index contributed by atoms with van der Waals surface area (Å²) < 4.78 is 6.55. The highest BCUT2D eigenvalue weighted by atomic mass is 16.5. The molecule has 0 radical (unpaired) electrons. The van der Waals surface area contributed by atoms with Gasteiger partial charge in [0.25, 0.3) is 0 Å². The van der Waals surface area contributed by atoms with Crippen LogP contribution >= 0.6 is 0 Å². The van der Waals surface area contributed by atoms with Crippen molar-refractivity contribution < 1.29 is 4.74 Å². The minimum Gasteiger partial charge on any atom is -0.370 e. The van der Waals surface area contributed by atoms with Crippen LogP contribution in [0.25, 0.3) is 0 Å². The maximum atomic E-state index is 6.55. The van der Waals surface area contributed by atoms with Crippen LogP contribution in [0.1, 0.15) is 71.6 Å². The Morgan fingerprint density at radius 3 is 2.33 bits per heavy atom. The summed E-state index contributed by atoms with van der Waals surface area (Å²) in [7, 11) is 0. The zero-order chi connectivity index (χ0) is 13.0. The van der Waals surface area contributed by atoms with E-state index in [9.17, 15) is 0 Å². The van der Waals surface area contributed by atoms with Crippen molar-refractivity contribution in [3.63, 3.8) is 0 Å². The summed E-state index contributed by atoms with van der Waals surface area (Å²) in [5, 5.41) is 0. The number of hydrogen-bond acceptors (Lipinski definition) is 2. The van der Waals surface area contributed by atoms with E-state index in [2.05, 4.69) is 13.8 Å². The number of nitrogens with two attached hydrogens (primary N) is 1. The fraction of sp³-hybridized carbons (Fsp3) is 1.00. The molecule has 0 spiro atoms. The minimum atomic E-state index is 0.0158. The average Bonchev–Trinajstić information content (AvgIpc) is 2.42. The Morgan fingerprint density at radius 1 is 1.11 bits per heavy atom. The van der Waals surface area contributed by atoms with E-state index in [0.717, 1.165) is 11.8 Å². The molecule has 0 aromatic rings. The number of rotatable bonds is 4. The first-order chi connectivity index (χ1) is 8.69. The van der Waals surface area contributed by atoms with Gasteiger partial charge in [-0.3, -0.25) is 0 Å². The van der Waals surface area contributed by atoms with Crippen molar-refractivity contribution in [2.75, 3.05) is 6.54 Å². The van der Waals surface area contributed by atoms with Crippen LogP contribution in [0.15, 0.2) is 0 Å². The molecule has 2 nitrogen and oxygen atoms in total. The molecular formula is C16H31NO. The number of ether oxygens (including phenoxy) is 1. The van der Waals surface area contributed by atoms with Crippen molar-refractivity contribution in [1.82, 2.24) is 0 Å². The summed E-state index contributed by atoms with van der Waals surface area (Å²) in [4.78, 5) is 0. The maximum Gasteiger partial charge on any atom is 0.0808 e. The van der Waals surface area contributed by atoms with E-state index < -0.39 is 0 Å². The Labute approximate surface area is 113 Å². The van der Waals surface area contributed by atoms with E-state index in [1.54, 1.807) is 0 Å². The van der Waals surface area contributed by atoms with Crippen LogP contribution in [-0.2, 0) is 4.74 Å². The molecule has 2 saturated carbocycles. The second kappa shape index (κ2) is 6.38. The van der Waals surface area contributed by atoms with E-state index in [-0.39, 0.29) is 5.60 Å². The van der Waals surface area contributed by atoms with Gasteiger partial charge in [0.1, 0.15) is 0 Å². The second-order valence-electron chi connectivity index (χ2n) is 6.66. The molecule has 0 aliphatic heterocycles. The van der Waals surface area contributed by atoms with E-state index >= 15 is 0 Å². The lowest BCUT2D eigenvalue weighted by Crippen LogP contribution is -2.48. The molecule has 2 unspecified atom stereocenters. The molecule has 0 saturated heterocycles. The molecule has 2 N–H and O–H groups in total. The summed E-state index contributed by atoms with van der Waals surface area (Å²) in [6.45, 7) is 5.38. The first kappa shape index (κ1) is 14.3. The van der Waals surface area contributed by atoms with Gasteiger partial charge in [0, 0.05) is 6.54 Å². The third-order valence-corrected chi connectivity index (χ3v) is 5.40. The fourth-order valence-electron chi connectivity index (χ4n) is 3.76. The smallest absolute Gasteiger partial charge is 0.0808 e. The van der Waals surface area contributed by atoms with Crippen LogP contribution in [0, 0.1) is 11.8 Å². The molecule has 2 heteroatoms. The van der Waals surface area contributed by atoms with Crippen molar-refractivity contribution in [1.29, 1.82) is 0 Å². The highest BCUT2D eigenvalue weighted by molar-refractivity contribution is 4.90. The highest BCUT2D eigenvalue weighted by Crippen LogP contribution is 2.39. The molecule has 0 amide bonds. The molecule has 0 bridgehead atoms. The van der Waals surface area contributed by atoms with Crippen LogP contribution in [0.4, 0.5) is 0 Å². The summed E-state index contributed by atoms with van der Waals surface area (Å²) in [6, 6.07) is 0. The second-order valence-corrected chi connectivity index (χ2v) is 6.66. The molecule has 2 aliphatic rings. The van der Waals surface area contributed by atoms with Crippen molar-refractivity contribution >= 4 is 0 Å². The van der Waals surface area contributed by atoms with Gasteiger partial charge in [0.05, 0.1) is 11.7 Å². The zero-order valence-corrected chi connectivity index (χ0v) is 12.3. The van der Waals surface area contributed by atoms with Gasteiger partial charge in [-0.25, -0.2) is 0 Å². The van der Waals surface area contributed by atoms with Crippen LogP contribution in [0.5, 0.6) is 0 Å². The average molecular weight is 253 g/mol. The molecule has 0 aromatic heterocycles. The Kier molecular flexibility index (Phi) is 5.08. The quantitative estimate of drug-likeness (QED) is 0.825. The molecule has 2 rings (SSSR count). The standard InChI is InChI=1S/C16H31NO/c1-3-14-8-10-16(12-17,11-9-14)18-15-7-5-4-6-13(15)2/h13-15H,3-12,17H2,1-2H3. The normalized spacial score (nSPS) is 41.8. The van der Waals surface area contributed by atoms with Crippen molar-refractivity contribution in [3.8, 4) is 0 Å². The SMILES string of the molecule is CCC1CCC(CN)(OC2CCCCC2C)CC1. The molecular weight excluding hydrogens is 222 g/mol. The Morgan fingerprint density at radius 2 is 1.78 bits per heavy atom. The van der Waals surface area contributed by atoms with Crippen molar-refractivity contribution in [2.45, 2.75) is 83.3 Å². The Bertz CT molecular complexity index is 245. The van der Waals surface area contributed by atoms with E-state index in [0.29, 0.717) is 12.6 Å². The summed E-state index contributed by atoms with van der Waals surface area (Å²) >= 11 is 0. The topological polar surface area (TPSA) is 35.2 Å². The van der Waals surface area contributed by atoms with Crippen LogP contribution in [-0.4, -0.2) is 18.2 Å². The zero-order valence-electron chi connectivity index (χ0n) is 12.3. The lowest BCUT2D eigenvalue weighted by molar-refractivity contribution is -0.139. The monoisotopic (exact) mass is 253 g/mol. The first-order valence-corrected chi connectivity index (χ1v) is 8.07. The van der Waals surface area contributed by atoms with Gasteiger partial charge in [-0.2, -0.15) is 0 Å². The molecule has 106 valence electrons. The van der Waals surface area contributed by atoms with Gasteiger partial charge < -0.3 is 10.5 Å². The molecule has 0 aromatic carbocycles. The van der Waals surface area contributed by atoms with E-state index in [1.807, 2.05) is 0 Å². The third kappa shape index (κ3) is 3.27. The van der Waals surface area contributed by atoms with Gasteiger partial charge >= 0.3 is 0 Å². The molecule has 18 heavy (non-hydrogen) atoms. The van der Waals surface area contributed by atoms with Gasteiger partial charge in [-0.15, -0.1) is 0 Å². The lowest BCUT2D eigenvalue weighted by atomic mass is 9.77. The van der Waals surface area contributed by atoms with Crippen molar-refractivity contribution in [3.05, 3.63) is 0 Å². The Balaban J connectivity index is 1.92. The summed E-state index contributed by atoms with van der Waals surface area (Å²) in [5.74, 6) is 1.64. The van der Waals surface area contributed by atoms with Gasteiger partial charge in [0.2, 0.25) is 0 Å². The summed E-state index contributed by atoms with van der Waals surface area (Å²) in [6.07, 6.45) is 12.1.